The van der Waals surface area contributed by atoms with E-state index in [1.54, 1.807) is 23.7 Å². The Morgan fingerprint density at radius 3 is 2.66 bits per heavy atom. The summed E-state index contributed by atoms with van der Waals surface area (Å²) in [5.41, 5.74) is 2.90. The average molecular weight is 484 g/mol. The second kappa shape index (κ2) is 8.64. The summed E-state index contributed by atoms with van der Waals surface area (Å²) in [7, 11) is 0. The fourth-order valence-electron chi connectivity index (χ4n) is 4.37. The molecule has 0 saturated carbocycles. The molecule has 1 aliphatic heterocycles. The van der Waals surface area contributed by atoms with Crippen molar-refractivity contribution >= 4 is 17.4 Å². The van der Waals surface area contributed by atoms with Crippen molar-refractivity contribution < 1.29 is 22.4 Å². The van der Waals surface area contributed by atoms with Gasteiger partial charge in [0.2, 0.25) is 0 Å². The maximum absolute atomic E-state index is 13.8. The zero-order chi connectivity index (χ0) is 24.7. The van der Waals surface area contributed by atoms with Crippen LogP contribution in [0.1, 0.15) is 51.6 Å². The Labute approximate surface area is 198 Å². The summed E-state index contributed by atoms with van der Waals surface area (Å²) in [6, 6.07) is 10.3. The van der Waals surface area contributed by atoms with E-state index in [4.69, 9.17) is 4.42 Å². The highest BCUT2D eigenvalue weighted by molar-refractivity contribution is 6.08. The predicted molar refractivity (Wildman–Crippen MR) is 122 cm³/mol. The van der Waals surface area contributed by atoms with Gasteiger partial charge >= 0.3 is 6.18 Å². The molecule has 0 saturated heterocycles. The Morgan fingerprint density at radius 2 is 1.97 bits per heavy atom. The number of hydrogen-bond donors (Lipinski definition) is 2. The number of nitrogens with zero attached hydrogens (tertiary/aromatic N) is 4. The van der Waals surface area contributed by atoms with Crippen molar-refractivity contribution in [1.29, 1.82) is 0 Å². The molecule has 11 heteroatoms. The third kappa shape index (κ3) is 4.29. The highest BCUT2D eigenvalue weighted by Crippen LogP contribution is 2.44. The van der Waals surface area contributed by atoms with Crippen LogP contribution in [0.3, 0.4) is 0 Å². The van der Waals surface area contributed by atoms with Crippen molar-refractivity contribution in [3.63, 3.8) is 0 Å². The molecule has 4 aromatic rings. The normalized spacial score (nSPS) is 17.6. The monoisotopic (exact) mass is 484 g/mol. The number of benzene rings is 1. The van der Waals surface area contributed by atoms with Gasteiger partial charge in [-0.15, -0.1) is 0 Å². The van der Waals surface area contributed by atoms with Crippen molar-refractivity contribution in [3.05, 3.63) is 83.2 Å². The first-order valence-corrected chi connectivity index (χ1v) is 11.1. The Hall–Kier alpha value is -4.02. The van der Waals surface area contributed by atoms with Gasteiger partial charge in [0.15, 0.2) is 6.04 Å². The van der Waals surface area contributed by atoms with Crippen LogP contribution in [0.25, 0.3) is 0 Å². The van der Waals surface area contributed by atoms with Crippen molar-refractivity contribution in [1.82, 2.24) is 19.6 Å². The number of halogens is 3. The van der Waals surface area contributed by atoms with E-state index in [-0.39, 0.29) is 17.8 Å². The molecule has 2 unspecified atom stereocenters. The minimum atomic E-state index is -4.55. The largest absolute Gasteiger partial charge is 0.467 e. The van der Waals surface area contributed by atoms with Crippen molar-refractivity contribution in [3.8, 4) is 0 Å². The summed E-state index contributed by atoms with van der Waals surface area (Å²) in [4.78, 5) is 13.2. The van der Waals surface area contributed by atoms with Crippen LogP contribution in [0.5, 0.6) is 0 Å². The SMILES string of the molecule is Cc1nn(Cc2ccccc2)c(C)c1NC(=O)c1cnn2c1NC(c1ccco1)CC2C(F)(F)F. The van der Waals surface area contributed by atoms with Gasteiger partial charge in [0.25, 0.3) is 5.91 Å². The van der Waals surface area contributed by atoms with Gasteiger partial charge in [-0.3, -0.25) is 9.48 Å². The third-order valence-corrected chi connectivity index (χ3v) is 6.16. The minimum absolute atomic E-state index is 0.00474. The summed E-state index contributed by atoms with van der Waals surface area (Å²) in [5, 5.41) is 14.3. The topological polar surface area (TPSA) is 89.9 Å². The molecule has 1 amide bonds. The molecule has 0 fully saturated rings. The first kappa shape index (κ1) is 22.8. The molecule has 35 heavy (non-hydrogen) atoms. The third-order valence-electron chi connectivity index (χ3n) is 6.16. The van der Waals surface area contributed by atoms with Gasteiger partial charge in [0.05, 0.1) is 42.1 Å². The van der Waals surface area contributed by atoms with Crippen LogP contribution < -0.4 is 10.6 Å². The van der Waals surface area contributed by atoms with E-state index >= 15 is 0 Å². The van der Waals surface area contributed by atoms with Gasteiger partial charge < -0.3 is 15.1 Å². The van der Waals surface area contributed by atoms with Crippen LogP contribution in [0.15, 0.2) is 59.3 Å². The molecule has 182 valence electrons. The number of carbonyl (C=O) groups is 1. The van der Waals surface area contributed by atoms with E-state index in [1.165, 1.54) is 6.26 Å². The van der Waals surface area contributed by atoms with Crippen LogP contribution >= 0.6 is 0 Å². The molecule has 0 aliphatic carbocycles. The van der Waals surface area contributed by atoms with Crippen LogP contribution in [0.2, 0.25) is 0 Å². The minimum Gasteiger partial charge on any atom is -0.467 e. The molecule has 3 aromatic heterocycles. The number of carbonyl (C=O) groups excluding carboxylic acids is 1. The predicted octanol–water partition coefficient (Wildman–Crippen LogP) is 5.25. The Balaban J connectivity index is 1.43. The van der Waals surface area contributed by atoms with Crippen LogP contribution in [0, 0.1) is 13.8 Å². The van der Waals surface area contributed by atoms with E-state index in [9.17, 15) is 18.0 Å². The number of aromatic nitrogens is 4. The average Bonchev–Trinajstić information content (AvgIpc) is 3.55. The molecule has 0 spiro atoms. The van der Waals surface area contributed by atoms with Gasteiger partial charge in [-0.2, -0.15) is 23.4 Å². The lowest BCUT2D eigenvalue weighted by Gasteiger charge is -2.32. The van der Waals surface area contributed by atoms with Crippen LogP contribution in [-0.2, 0) is 6.54 Å². The number of nitrogens with one attached hydrogen (secondary N) is 2. The molecule has 1 aromatic carbocycles. The van der Waals surface area contributed by atoms with E-state index in [2.05, 4.69) is 20.8 Å². The number of amides is 1. The number of aryl methyl sites for hydroxylation is 1. The number of alkyl halides is 3. The number of rotatable bonds is 5. The lowest BCUT2D eigenvalue weighted by Crippen LogP contribution is -2.36. The van der Waals surface area contributed by atoms with E-state index in [0.717, 1.165) is 22.1 Å². The fourth-order valence-corrected chi connectivity index (χ4v) is 4.37. The lowest BCUT2D eigenvalue weighted by molar-refractivity contribution is -0.174. The van der Waals surface area contributed by atoms with E-state index < -0.39 is 24.2 Å². The zero-order valence-corrected chi connectivity index (χ0v) is 19.0. The summed E-state index contributed by atoms with van der Waals surface area (Å²) in [5.74, 6) is -0.235. The fraction of sp³-hybridized carbons (Fsp3) is 0.292. The number of hydrogen-bond acceptors (Lipinski definition) is 5. The van der Waals surface area contributed by atoms with Gasteiger partial charge in [-0.1, -0.05) is 30.3 Å². The molecule has 5 rings (SSSR count). The Kier molecular flexibility index (Phi) is 5.62. The zero-order valence-electron chi connectivity index (χ0n) is 19.0. The number of furan rings is 1. The highest BCUT2D eigenvalue weighted by atomic mass is 19.4. The number of fused-ring (bicyclic) bond motifs is 1. The van der Waals surface area contributed by atoms with Gasteiger partial charge in [0.1, 0.15) is 17.1 Å². The molecule has 4 heterocycles. The van der Waals surface area contributed by atoms with Gasteiger partial charge in [0, 0.05) is 6.42 Å². The lowest BCUT2D eigenvalue weighted by atomic mass is 10.0. The molecule has 0 radical (unpaired) electrons. The molecule has 1 aliphatic rings. The van der Waals surface area contributed by atoms with Crippen LogP contribution in [0.4, 0.5) is 24.7 Å². The maximum atomic E-state index is 13.8. The Bertz CT molecular complexity index is 1340. The first-order valence-electron chi connectivity index (χ1n) is 11.1. The van der Waals surface area contributed by atoms with E-state index in [1.807, 2.05) is 37.3 Å². The summed E-state index contributed by atoms with van der Waals surface area (Å²) in [6.45, 7) is 4.12. The Morgan fingerprint density at radius 1 is 1.20 bits per heavy atom. The second-order valence-corrected chi connectivity index (χ2v) is 8.50. The summed E-state index contributed by atoms with van der Waals surface area (Å²) < 4.78 is 49.5. The smallest absolute Gasteiger partial charge is 0.410 e. The standard InChI is InChI=1S/C24H23F3N6O2/c1-14-21(15(2)32(31-14)13-16-7-4-3-5-8-16)30-23(34)17-12-28-33-20(24(25,26)27)11-18(29-22(17)33)19-9-6-10-35-19/h3-10,12,18,20,29H,11,13H2,1-2H3,(H,30,34). The highest BCUT2D eigenvalue weighted by Gasteiger charge is 2.47. The molecular formula is C24H23F3N6O2. The van der Waals surface area contributed by atoms with Crippen molar-refractivity contribution in [2.75, 3.05) is 10.6 Å². The summed E-state index contributed by atoms with van der Waals surface area (Å²) >= 11 is 0. The van der Waals surface area contributed by atoms with E-state index in [0.29, 0.717) is 23.7 Å². The second-order valence-electron chi connectivity index (χ2n) is 8.50. The number of anilines is 2. The van der Waals surface area contributed by atoms with Crippen LogP contribution in [-0.4, -0.2) is 31.6 Å². The maximum Gasteiger partial charge on any atom is 0.410 e. The molecular weight excluding hydrogens is 461 g/mol. The van der Waals surface area contributed by atoms with Gasteiger partial charge in [-0.25, -0.2) is 4.68 Å². The molecule has 8 nitrogen and oxygen atoms in total. The molecule has 2 N–H and O–H groups in total. The van der Waals surface area contributed by atoms with Crippen molar-refractivity contribution in [2.24, 2.45) is 0 Å². The quantitative estimate of drug-likeness (QED) is 0.404. The van der Waals surface area contributed by atoms with Gasteiger partial charge in [-0.05, 0) is 31.5 Å². The molecule has 2 atom stereocenters. The molecule has 0 bridgehead atoms. The first-order chi connectivity index (χ1) is 16.7. The summed E-state index contributed by atoms with van der Waals surface area (Å²) in [6.07, 6.45) is -2.30. The van der Waals surface area contributed by atoms with Crippen molar-refractivity contribution in [2.45, 2.75) is 45.1 Å².